The molecule has 1 amide bonds. The molecule has 3 saturated heterocycles. The summed E-state index contributed by atoms with van der Waals surface area (Å²) in [6.07, 6.45) is 1.66. The van der Waals surface area contributed by atoms with Crippen molar-refractivity contribution in [2.75, 3.05) is 26.4 Å². The molecule has 0 spiro atoms. The fourth-order valence-corrected chi connectivity index (χ4v) is 8.15. The number of carbonyl (C=O) groups is 1. The van der Waals surface area contributed by atoms with Gasteiger partial charge in [-0.15, -0.1) is 0 Å². The molecule has 17 atom stereocenters. The fraction of sp³-hybridized carbons (Fsp3) is 0.851. The Bertz CT molecular complexity index is 1370. The van der Waals surface area contributed by atoms with Crippen LogP contribution < -0.4 is 5.32 Å². The number of hydrogen-bond donors (Lipinski definition) is 12. The van der Waals surface area contributed by atoms with Crippen LogP contribution in [0.15, 0.2) is 36.5 Å². The number of ether oxygens (including phenoxy) is 6. The van der Waals surface area contributed by atoms with Crippen LogP contribution in [-0.2, 0) is 33.2 Å². The molecule has 66 heavy (non-hydrogen) atoms. The summed E-state index contributed by atoms with van der Waals surface area (Å²) in [5.41, 5.74) is 0. The van der Waals surface area contributed by atoms with Crippen molar-refractivity contribution in [1.29, 1.82) is 0 Å². The first kappa shape index (κ1) is 58.3. The maximum Gasteiger partial charge on any atom is 0.220 e. The van der Waals surface area contributed by atoms with Crippen molar-refractivity contribution in [3.05, 3.63) is 36.5 Å². The van der Waals surface area contributed by atoms with Crippen molar-refractivity contribution in [2.45, 2.75) is 227 Å². The van der Waals surface area contributed by atoms with Gasteiger partial charge < -0.3 is 89.9 Å². The molecule has 0 aromatic heterocycles. The van der Waals surface area contributed by atoms with E-state index < -0.39 is 124 Å². The molecule has 0 saturated carbocycles. The Morgan fingerprint density at radius 3 is 1.64 bits per heavy atom. The number of aliphatic hydroxyl groups is 11. The van der Waals surface area contributed by atoms with Crippen molar-refractivity contribution >= 4 is 5.91 Å². The van der Waals surface area contributed by atoms with Crippen molar-refractivity contribution in [2.24, 2.45) is 0 Å². The summed E-state index contributed by atoms with van der Waals surface area (Å²) in [6, 6.07) is -0.891. The molecule has 17 unspecified atom stereocenters. The molecular weight excluding hydrogens is 867 g/mol. The molecule has 19 nitrogen and oxygen atoms in total. The highest BCUT2D eigenvalue weighted by atomic mass is 16.8. The van der Waals surface area contributed by atoms with E-state index in [2.05, 4.69) is 55.6 Å². The van der Waals surface area contributed by atoms with Gasteiger partial charge in [0.2, 0.25) is 5.91 Å². The van der Waals surface area contributed by atoms with Crippen LogP contribution in [0, 0.1) is 0 Å². The Labute approximate surface area is 390 Å². The molecule has 0 aliphatic carbocycles. The molecule has 3 rings (SSSR count). The summed E-state index contributed by atoms with van der Waals surface area (Å²) in [5.74, 6) is -0.270. The minimum atomic E-state index is -1.97. The standard InChI is InChI=1S/C47H83NO18/c1-3-5-7-9-11-12-13-14-15-16-17-18-19-21-23-25-35(53)48-30(31(52)24-22-20-10-8-6-4-2)29-61-45-41(59)38(56)43(33(27-50)63-45)66-47-42(60)39(57)44(34(28-51)64-47)65-46-40(58)37(55)36(54)32(26-49)62-46/h5,7,11-12,14-15,30-34,36-47,49-52,54-60H,3-4,6,8-10,13,16-29H2,1-2H3,(H,48,53)/b7-5-,12-11-,15-14-. The zero-order valence-corrected chi connectivity index (χ0v) is 38.9. The van der Waals surface area contributed by atoms with Crippen molar-refractivity contribution in [3.8, 4) is 0 Å². The summed E-state index contributed by atoms with van der Waals surface area (Å²) >= 11 is 0. The first-order chi connectivity index (χ1) is 31.8. The topological polar surface area (TPSA) is 307 Å². The second kappa shape index (κ2) is 32.8. The second-order valence-corrected chi connectivity index (χ2v) is 17.5. The Hall–Kier alpha value is -1.99. The lowest BCUT2D eigenvalue weighted by molar-refractivity contribution is -0.379. The predicted molar refractivity (Wildman–Crippen MR) is 240 cm³/mol. The third-order valence-corrected chi connectivity index (χ3v) is 12.2. The van der Waals surface area contributed by atoms with Crippen LogP contribution in [0.2, 0.25) is 0 Å². The quantitative estimate of drug-likeness (QED) is 0.0325. The summed E-state index contributed by atoms with van der Waals surface area (Å²) in [7, 11) is 0. The van der Waals surface area contributed by atoms with Crippen LogP contribution in [0.25, 0.3) is 0 Å². The summed E-state index contributed by atoms with van der Waals surface area (Å²) in [6.45, 7) is 1.53. The Morgan fingerprint density at radius 2 is 1.05 bits per heavy atom. The lowest BCUT2D eigenvalue weighted by atomic mass is 9.96. The highest BCUT2D eigenvalue weighted by Crippen LogP contribution is 2.33. The zero-order valence-electron chi connectivity index (χ0n) is 38.9. The molecule has 0 bridgehead atoms. The summed E-state index contributed by atoms with van der Waals surface area (Å²) < 4.78 is 34.0. The van der Waals surface area contributed by atoms with Crippen molar-refractivity contribution in [3.63, 3.8) is 0 Å². The second-order valence-electron chi connectivity index (χ2n) is 17.5. The Kier molecular flexibility index (Phi) is 28.9. The smallest absolute Gasteiger partial charge is 0.220 e. The zero-order chi connectivity index (χ0) is 48.4. The molecule has 0 radical (unpaired) electrons. The van der Waals surface area contributed by atoms with Crippen LogP contribution in [0.4, 0.5) is 0 Å². The number of carbonyl (C=O) groups excluding carboxylic acids is 1. The number of amides is 1. The van der Waals surface area contributed by atoms with Crippen LogP contribution in [0.5, 0.6) is 0 Å². The van der Waals surface area contributed by atoms with Gasteiger partial charge in [-0.25, -0.2) is 0 Å². The van der Waals surface area contributed by atoms with E-state index in [1.165, 1.54) is 0 Å². The van der Waals surface area contributed by atoms with Gasteiger partial charge in [0.05, 0.1) is 38.6 Å². The van der Waals surface area contributed by atoms with E-state index in [1.54, 1.807) is 0 Å². The van der Waals surface area contributed by atoms with Gasteiger partial charge >= 0.3 is 0 Å². The molecule has 0 aromatic carbocycles. The lowest BCUT2D eigenvalue weighted by Gasteiger charge is -2.48. The maximum atomic E-state index is 13.1. The monoisotopic (exact) mass is 950 g/mol. The summed E-state index contributed by atoms with van der Waals surface area (Å²) in [4.78, 5) is 13.1. The third kappa shape index (κ3) is 19.1. The number of rotatable bonds is 32. The van der Waals surface area contributed by atoms with Crippen molar-refractivity contribution < 1.29 is 89.4 Å². The van der Waals surface area contributed by atoms with Gasteiger partial charge in [-0.05, 0) is 44.9 Å². The maximum absolute atomic E-state index is 13.1. The van der Waals surface area contributed by atoms with E-state index >= 15 is 0 Å². The molecule has 0 aromatic rings. The van der Waals surface area contributed by atoms with E-state index in [4.69, 9.17) is 28.4 Å². The first-order valence-corrected chi connectivity index (χ1v) is 24.2. The molecule has 19 heteroatoms. The SMILES string of the molecule is CC/C=C\C/C=C\C/C=C\CCCCCCCC(=O)NC(COC1OC(CO)C(OC2OC(CO)C(OC3OC(CO)C(O)C(O)C3O)C(O)C2O)C(O)C1O)C(O)CCCCCCCC. The molecule has 384 valence electrons. The van der Waals surface area contributed by atoms with Gasteiger partial charge in [-0.3, -0.25) is 4.79 Å². The molecular formula is C47H83NO18. The normalized spacial score (nSPS) is 34.1. The average Bonchev–Trinajstić information content (AvgIpc) is 3.31. The van der Waals surface area contributed by atoms with Gasteiger partial charge in [0.15, 0.2) is 18.9 Å². The van der Waals surface area contributed by atoms with Crippen LogP contribution in [-0.4, -0.2) is 193 Å². The van der Waals surface area contributed by atoms with E-state index in [0.29, 0.717) is 19.3 Å². The highest BCUT2D eigenvalue weighted by Gasteiger charge is 2.53. The molecule has 3 heterocycles. The van der Waals surface area contributed by atoms with Gasteiger partial charge in [-0.1, -0.05) is 108 Å². The molecule has 3 aliphatic rings. The number of hydrogen-bond acceptors (Lipinski definition) is 18. The van der Waals surface area contributed by atoms with Crippen molar-refractivity contribution in [1.82, 2.24) is 5.32 Å². The number of nitrogens with one attached hydrogen (secondary N) is 1. The first-order valence-electron chi connectivity index (χ1n) is 24.2. The number of allylic oxidation sites excluding steroid dienone is 6. The average molecular weight is 950 g/mol. The Balaban J connectivity index is 1.54. The lowest BCUT2D eigenvalue weighted by Crippen LogP contribution is -2.66. The van der Waals surface area contributed by atoms with Crippen LogP contribution >= 0.6 is 0 Å². The predicted octanol–water partition coefficient (Wildman–Crippen LogP) is 0.637. The third-order valence-electron chi connectivity index (χ3n) is 12.2. The van der Waals surface area contributed by atoms with Crippen LogP contribution in [0.3, 0.4) is 0 Å². The van der Waals surface area contributed by atoms with E-state index in [-0.39, 0.29) is 18.9 Å². The van der Waals surface area contributed by atoms with Gasteiger partial charge in [0.25, 0.3) is 0 Å². The number of unbranched alkanes of at least 4 members (excludes halogenated alkanes) is 10. The molecule has 12 N–H and O–H groups in total. The van der Waals surface area contributed by atoms with E-state index in [9.17, 15) is 61.0 Å². The summed E-state index contributed by atoms with van der Waals surface area (Å²) in [5, 5.41) is 119. The van der Waals surface area contributed by atoms with E-state index in [0.717, 1.165) is 83.5 Å². The fourth-order valence-electron chi connectivity index (χ4n) is 8.15. The van der Waals surface area contributed by atoms with Gasteiger partial charge in [-0.2, -0.15) is 0 Å². The largest absolute Gasteiger partial charge is 0.394 e. The molecule has 3 fully saturated rings. The van der Waals surface area contributed by atoms with E-state index in [1.807, 2.05) is 0 Å². The van der Waals surface area contributed by atoms with Gasteiger partial charge in [0.1, 0.15) is 73.2 Å². The molecule has 3 aliphatic heterocycles. The minimum Gasteiger partial charge on any atom is -0.394 e. The Morgan fingerprint density at radius 1 is 0.561 bits per heavy atom. The highest BCUT2D eigenvalue weighted by molar-refractivity contribution is 5.76. The number of aliphatic hydroxyl groups excluding tert-OH is 11. The van der Waals surface area contributed by atoms with Crippen LogP contribution in [0.1, 0.15) is 123 Å². The minimum absolute atomic E-state index is 0.244. The van der Waals surface area contributed by atoms with Gasteiger partial charge in [0, 0.05) is 6.42 Å².